The lowest BCUT2D eigenvalue weighted by molar-refractivity contribution is 0.340. The summed E-state index contributed by atoms with van der Waals surface area (Å²) >= 11 is 0. The zero-order valence-corrected chi connectivity index (χ0v) is 13.0. The van der Waals surface area contributed by atoms with E-state index in [1.54, 1.807) is 0 Å². The van der Waals surface area contributed by atoms with Gasteiger partial charge in [0.1, 0.15) is 5.75 Å². The lowest BCUT2D eigenvalue weighted by Crippen LogP contribution is -2.21. The molecule has 0 amide bonds. The first-order valence-corrected chi connectivity index (χ1v) is 7.83. The molecule has 2 aromatic carbocycles. The summed E-state index contributed by atoms with van der Waals surface area (Å²) in [4.78, 5) is 0. The van der Waals surface area contributed by atoms with Gasteiger partial charge in [-0.25, -0.2) is 0 Å². The molecule has 0 aliphatic heterocycles. The Balaban J connectivity index is 2.00. The third-order valence-corrected chi connectivity index (χ3v) is 3.58. The Kier molecular flexibility index (Phi) is 6.29. The zero-order chi connectivity index (χ0) is 14.9. The number of ether oxygens (including phenoxy) is 1. The first kappa shape index (κ1) is 15.6. The lowest BCUT2D eigenvalue weighted by atomic mass is 9.99. The van der Waals surface area contributed by atoms with Crippen molar-refractivity contribution in [2.75, 3.05) is 13.2 Å². The highest BCUT2D eigenvalue weighted by Gasteiger charge is 2.10. The molecule has 0 spiro atoms. The van der Waals surface area contributed by atoms with Gasteiger partial charge in [0.2, 0.25) is 0 Å². The minimum absolute atomic E-state index is 0.409. The van der Waals surface area contributed by atoms with Gasteiger partial charge in [0.15, 0.2) is 0 Å². The Morgan fingerprint density at radius 3 is 2.52 bits per heavy atom. The van der Waals surface area contributed by atoms with Crippen LogP contribution in [0.15, 0.2) is 54.6 Å². The van der Waals surface area contributed by atoms with Crippen LogP contribution < -0.4 is 10.1 Å². The van der Waals surface area contributed by atoms with E-state index in [2.05, 4.69) is 60.8 Å². The first-order chi connectivity index (χ1) is 10.3. The maximum atomic E-state index is 5.57. The van der Waals surface area contributed by atoms with Crippen molar-refractivity contribution in [2.45, 2.75) is 32.7 Å². The van der Waals surface area contributed by atoms with E-state index >= 15 is 0 Å². The van der Waals surface area contributed by atoms with E-state index in [1.165, 1.54) is 11.1 Å². The molecule has 0 saturated carbocycles. The number of nitrogens with one attached hydrogen (secondary N) is 1. The summed E-state index contributed by atoms with van der Waals surface area (Å²) in [7, 11) is 0. The lowest BCUT2D eigenvalue weighted by Gasteiger charge is -2.18. The number of hydrogen-bond donors (Lipinski definition) is 1. The Hall–Kier alpha value is -1.80. The summed E-state index contributed by atoms with van der Waals surface area (Å²) in [6.45, 7) is 5.88. The van der Waals surface area contributed by atoms with Gasteiger partial charge < -0.3 is 10.1 Å². The van der Waals surface area contributed by atoms with Crippen LogP contribution in [0.2, 0.25) is 0 Å². The summed E-state index contributed by atoms with van der Waals surface area (Å²) in [5.41, 5.74) is 2.69. The van der Waals surface area contributed by atoms with Crippen molar-refractivity contribution in [1.29, 1.82) is 0 Å². The maximum absolute atomic E-state index is 5.57. The molecule has 2 nitrogen and oxygen atoms in total. The van der Waals surface area contributed by atoms with Gasteiger partial charge in [0, 0.05) is 6.04 Å². The minimum Gasteiger partial charge on any atom is -0.494 e. The highest BCUT2D eigenvalue weighted by Crippen LogP contribution is 2.21. The van der Waals surface area contributed by atoms with Crippen molar-refractivity contribution >= 4 is 0 Å². The fraction of sp³-hybridized carbons (Fsp3) is 0.368. The van der Waals surface area contributed by atoms with E-state index in [4.69, 9.17) is 4.74 Å². The number of hydrogen-bond acceptors (Lipinski definition) is 2. The van der Waals surface area contributed by atoms with E-state index < -0.39 is 0 Å². The molecule has 0 aliphatic rings. The van der Waals surface area contributed by atoms with E-state index in [0.717, 1.165) is 25.1 Å². The van der Waals surface area contributed by atoms with Crippen LogP contribution in [0.4, 0.5) is 0 Å². The molecular weight excluding hydrogens is 258 g/mol. The zero-order valence-electron chi connectivity index (χ0n) is 13.0. The molecule has 0 saturated heterocycles. The minimum atomic E-state index is 0.409. The third kappa shape index (κ3) is 4.91. The third-order valence-electron chi connectivity index (χ3n) is 3.58. The van der Waals surface area contributed by atoms with Crippen LogP contribution in [-0.2, 0) is 6.42 Å². The number of benzene rings is 2. The predicted octanol–water partition coefficient (Wildman–Crippen LogP) is 4.37. The van der Waals surface area contributed by atoms with E-state index in [1.807, 2.05) is 13.0 Å². The molecule has 2 heteroatoms. The average molecular weight is 283 g/mol. The molecule has 1 unspecified atom stereocenters. The van der Waals surface area contributed by atoms with Crippen LogP contribution in [0, 0.1) is 0 Å². The smallest absolute Gasteiger partial charge is 0.119 e. The largest absolute Gasteiger partial charge is 0.494 e. The van der Waals surface area contributed by atoms with Gasteiger partial charge in [-0.05, 0) is 49.6 Å². The van der Waals surface area contributed by atoms with Gasteiger partial charge in [0.25, 0.3) is 0 Å². The quantitative estimate of drug-likeness (QED) is 0.777. The van der Waals surface area contributed by atoms with Crippen LogP contribution in [-0.4, -0.2) is 13.2 Å². The normalized spacial score (nSPS) is 12.1. The molecule has 0 bridgehead atoms. The summed E-state index contributed by atoms with van der Waals surface area (Å²) in [5, 5.41) is 3.58. The SMILES string of the molecule is CCNC(CCc1cccc(OCC)c1)c1ccccc1. The maximum Gasteiger partial charge on any atom is 0.119 e. The van der Waals surface area contributed by atoms with Gasteiger partial charge in [0.05, 0.1) is 6.61 Å². The Labute approximate surface area is 128 Å². The number of aryl methyl sites for hydroxylation is 1. The molecule has 1 N–H and O–H groups in total. The van der Waals surface area contributed by atoms with Gasteiger partial charge in [-0.1, -0.05) is 49.4 Å². The van der Waals surface area contributed by atoms with Crippen molar-refractivity contribution in [2.24, 2.45) is 0 Å². The van der Waals surface area contributed by atoms with Crippen molar-refractivity contribution in [1.82, 2.24) is 5.32 Å². The van der Waals surface area contributed by atoms with Gasteiger partial charge in [-0.3, -0.25) is 0 Å². The summed E-state index contributed by atoms with van der Waals surface area (Å²) in [6, 6.07) is 19.5. The molecular formula is C19H25NO. The second-order valence-electron chi connectivity index (χ2n) is 5.14. The Bertz CT molecular complexity index is 524. The summed E-state index contributed by atoms with van der Waals surface area (Å²) in [5.74, 6) is 0.967. The highest BCUT2D eigenvalue weighted by atomic mass is 16.5. The second-order valence-corrected chi connectivity index (χ2v) is 5.14. The van der Waals surface area contributed by atoms with E-state index in [-0.39, 0.29) is 0 Å². The Morgan fingerprint density at radius 2 is 1.81 bits per heavy atom. The van der Waals surface area contributed by atoms with Crippen LogP contribution in [0.5, 0.6) is 5.75 Å². The fourth-order valence-corrected chi connectivity index (χ4v) is 2.59. The van der Waals surface area contributed by atoms with Crippen LogP contribution in [0.25, 0.3) is 0 Å². The molecule has 112 valence electrons. The molecule has 2 rings (SSSR count). The molecule has 21 heavy (non-hydrogen) atoms. The summed E-state index contributed by atoms with van der Waals surface area (Å²) in [6.07, 6.45) is 2.14. The van der Waals surface area contributed by atoms with Crippen LogP contribution in [0.3, 0.4) is 0 Å². The van der Waals surface area contributed by atoms with Crippen LogP contribution in [0.1, 0.15) is 37.4 Å². The molecule has 1 atom stereocenters. The van der Waals surface area contributed by atoms with Crippen molar-refractivity contribution < 1.29 is 4.74 Å². The molecule has 0 aliphatic carbocycles. The second kappa shape index (κ2) is 8.48. The van der Waals surface area contributed by atoms with Crippen molar-refractivity contribution in [3.05, 3.63) is 65.7 Å². The molecule has 0 aromatic heterocycles. The van der Waals surface area contributed by atoms with Crippen LogP contribution >= 0.6 is 0 Å². The van der Waals surface area contributed by atoms with Crippen molar-refractivity contribution in [3.63, 3.8) is 0 Å². The summed E-state index contributed by atoms with van der Waals surface area (Å²) < 4.78 is 5.57. The standard InChI is InChI=1S/C19H25NO/c1-3-20-19(17-10-6-5-7-11-17)14-13-16-9-8-12-18(15-16)21-4-2/h5-12,15,19-20H,3-4,13-14H2,1-2H3. The van der Waals surface area contributed by atoms with Crippen molar-refractivity contribution in [3.8, 4) is 5.75 Å². The first-order valence-electron chi connectivity index (χ1n) is 7.83. The highest BCUT2D eigenvalue weighted by molar-refractivity contribution is 5.29. The monoisotopic (exact) mass is 283 g/mol. The van der Waals surface area contributed by atoms with Gasteiger partial charge in [-0.2, -0.15) is 0 Å². The topological polar surface area (TPSA) is 21.3 Å². The number of rotatable bonds is 8. The van der Waals surface area contributed by atoms with E-state index in [9.17, 15) is 0 Å². The van der Waals surface area contributed by atoms with Gasteiger partial charge in [-0.15, -0.1) is 0 Å². The fourth-order valence-electron chi connectivity index (χ4n) is 2.59. The molecule has 0 fully saturated rings. The molecule has 0 heterocycles. The van der Waals surface area contributed by atoms with Gasteiger partial charge >= 0.3 is 0 Å². The predicted molar refractivity (Wildman–Crippen MR) is 88.8 cm³/mol. The Morgan fingerprint density at radius 1 is 1.00 bits per heavy atom. The average Bonchev–Trinajstić information content (AvgIpc) is 2.53. The van der Waals surface area contributed by atoms with E-state index in [0.29, 0.717) is 12.6 Å². The molecule has 0 radical (unpaired) electrons. The molecule has 2 aromatic rings.